The molecule has 1 atom stereocenters. The number of aromatic nitrogens is 1. The van der Waals surface area contributed by atoms with Crippen LogP contribution in [0.25, 0.3) is 0 Å². The summed E-state index contributed by atoms with van der Waals surface area (Å²) in [6.07, 6.45) is 1.54. The summed E-state index contributed by atoms with van der Waals surface area (Å²) in [6, 6.07) is 16.1. The van der Waals surface area contributed by atoms with Crippen LogP contribution in [0.5, 0.6) is 0 Å². The Morgan fingerprint density at radius 2 is 1.85 bits per heavy atom. The van der Waals surface area contributed by atoms with Crippen molar-refractivity contribution in [2.45, 2.75) is 25.0 Å². The fourth-order valence-corrected chi connectivity index (χ4v) is 5.22. The van der Waals surface area contributed by atoms with Gasteiger partial charge in [0.15, 0.2) is 5.13 Å². The van der Waals surface area contributed by atoms with Gasteiger partial charge < -0.3 is 9.64 Å². The molecule has 1 fully saturated rings. The summed E-state index contributed by atoms with van der Waals surface area (Å²) in [6.45, 7) is 0.135. The maximum atomic E-state index is 13.9. The van der Waals surface area contributed by atoms with Gasteiger partial charge in [-0.15, -0.1) is 0 Å². The normalized spacial score (nSPS) is 19.0. The maximum absolute atomic E-state index is 13.9. The van der Waals surface area contributed by atoms with E-state index in [4.69, 9.17) is 4.74 Å². The maximum Gasteiger partial charge on any atom is 0.349 e. The Labute approximate surface area is 199 Å². The molecule has 34 heavy (non-hydrogen) atoms. The van der Waals surface area contributed by atoms with Gasteiger partial charge in [-0.25, -0.2) is 9.78 Å². The highest BCUT2D eigenvalue weighted by molar-refractivity contribution is 7.17. The lowest BCUT2D eigenvalue weighted by atomic mass is 9.94. The van der Waals surface area contributed by atoms with Gasteiger partial charge >= 0.3 is 5.97 Å². The summed E-state index contributed by atoms with van der Waals surface area (Å²) >= 11 is 0.957. The molecule has 5 rings (SSSR count). The van der Waals surface area contributed by atoms with Crippen molar-refractivity contribution in [3.63, 3.8) is 0 Å². The third-order valence-corrected chi connectivity index (χ3v) is 6.93. The fraction of sp³-hybridized carbons (Fsp3) is 0.208. The number of rotatable bonds is 5. The number of esters is 1. The molecule has 0 aliphatic carbocycles. The number of hydrogen-bond donors (Lipinski definition) is 1. The topological polar surface area (TPSA) is 109 Å². The molecule has 0 spiro atoms. The van der Waals surface area contributed by atoms with Crippen molar-refractivity contribution < 1.29 is 23.9 Å². The van der Waals surface area contributed by atoms with Crippen molar-refractivity contribution >= 4 is 45.8 Å². The lowest BCUT2D eigenvalue weighted by molar-refractivity contribution is -0.129. The molecule has 10 heteroatoms. The number of carbonyl (C=O) groups excluding carboxylic acids is 4. The predicted molar refractivity (Wildman–Crippen MR) is 124 cm³/mol. The smallest absolute Gasteiger partial charge is 0.349 e. The summed E-state index contributed by atoms with van der Waals surface area (Å²) in [5.41, 5.74) is 0.0160. The molecular formula is C24H20N4O5S. The molecule has 9 nitrogen and oxygen atoms in total. The number of para-hydroxylation sites is 1. The molecule has 0 unspecified atom stereocenters. The first-order valence-corrected chi connectivity index (χ1v) is 11.4. The molecule has 0 saturated carbocycles. The summed E-state index contributed by atoms with van der Waals surface area (Å²) in [7, 11) is 1.26. The SMILES string of the molecule is COC(=O)c1cnc(NC(=O)[C@@]23CCC(=O)N2c2ccccc2C(=O)N3Cc2ccccc2)s1. The molecule has 2 aliphatic rings. The Morgan fingerprint density at radius 1 is 1.12 bits per heavy atom. The van der Waals surface area contributed by atoms with Crippen LogP contribution < -0.4 is 10.2 Å². The van der Waals surface area contributed by atoms with E-state index in [0.29, 0.717) is 11.3 Å². The summed E-state index contributed by atoms with van der Waals surface area (Å²) in [5.74, 6) is -1.72. The molecule has 2 aromatic carbocycles. The highest BCUT2D eigenvalue weighted by Gasteiger charge is 2.60. The number of amides is 3. The number of nitrogens with one attached hydrogen (secondary N) is 1. The van der Waals surface area contributed by atoms with Gasteiger partial charge in [0, 0.05) is 19.4 Å². The quantitative estimate of drug-likeness (QED) is 0.567. The van der Waals surface area contributed by atoms with Crippen LogP contribution in [0.15, 0.2) is 60.8 Å². The number of hydrogen-bond acceptors (Lipinski definition) is 7. The van der Waals surface area contributed by atoms with Crippen LogP contribution in [0.2, 0.25) is 0 Å². The number of methoxy groups -OCH3 is 1. The lowest BCUT2D eigenvalue weighted by Crippen LogP contribution is -2.69. The Kier molecular flexibility index (Phi) is 5.37. The van der Waals surface area contributed by atoms with Crippen LogP contribution in [0.1, 0.15) is 38.4 Å². The Balaban J connectivity index is 1.60. The second-order valence-electron chi connectivity index (χ2n) is 7.92. The number of benzene rings is 2. The third kappa shape index (κ3) is 3.34. The number of anilines is 2. The highest BCUT2D eigenvalue weighted by Crippen LogP contribution is 2.45. The van der Waals surface area contributed by atoms with Crippen LogP contribution in [-0.2, 0) is 20.9 Å². The number of ether oxygens (including phenoxy) is 1. The van der Waals surface area contributed by atoms with E-state index in [1.165, 1.54) is 23.1 Å². The zero-order chi connectivity index (χ0) is 23.9. The molecule has 172 valence electrons. The van der Waals surface area contributed by atoms with Crippen molar-refractivity contribution in [2.24, 2.45) is 0 Å². The van der Waals surface area contributed by atoms with Gasteiger partial charge in [-0.05, 0) is 17.7 Å². The van der Waals surface area contributed by atoms with E-state index in [1.54, 1.807) is 24.3 Å². The molecule has 3 amide bonds. The van der Waals surface area contributed by atoms with Gasteiger partial charge in [0.2, 0.25) is 11.6 Å². The summed E-state index contributed by atoms with van der Waals surface area (Å²) in [5, 5.41) is 2.91. The van der Waals surface area contributed by atoms with E-state index >= 15 is 0 Å². The fourth-order valence-electron chi connectivity index (χ4n) is 4.49. The first-order chi connectivity index (χ1) is 16.5. The summed E-state index contributed by atoms with van der Waals surface area (Å²) < 4.78 is 4.70. The largest absolute Gasteiger partial charge is 0.465 e. The van der Waals surface area contributed by atoms with E-state index in [0.717, 1.165) is 16.9 Å². The van der Waals surface area contributed by atoms with Crippen LogP contribution in [-0.4, -0.2) is 46.3 Å². The summed E-state index contributed by atoms with van der Waals surface area (Å²) in [4.78, 5) is 59.7. The lowest BCUT2D eigenvalue weighted by Gasteiger charge is -2.49. The molecule has 3 aromatic rings. The van der Waals surface area contributed by atoms with Gasteiger partial charge in [-0.3, -0.25) is 24.6 Å². The van der Waals surface area contributed by atoms with Crippen molar-refractivity contribution in [2.75, 3.05) is 17.3 Å². The molecule has 1 N–H and O–H groups in total. The van der Waals surface area contributed by atoms with Crippen LogP contribution >= 0.6 is 11.3 Å². The molecular weight excluding hydrogens is 456 g/mol. The van der Waals surface area contributed by atoms with Crippen molar-refractivity contribution in [3.8, 4) is 0 Å². The average molecular weight is 477 g/mol. The average Bonchev–Trinajstić information content (AvgIpc) is 3.47. The van der Waals surface area contributed by atoms with Crippen LogP contribution in [0.4, 0.5) is 10.8 Å². The second kappa shape index (κ2) is 8.38. The van der Waals surface area contributed by atoms with Crippen molar-refractivity contribution in [1.82, 2.24) is 9.88 Å². The van der Waals surface area contributed by atoms with Gasteiger partial charge in [0.1, 0.15) is 4.88 Å². The minimum Gasteiger partial charge on any atom is -0.465 e. The monoisotopic (exact) mass is 476 g/mol. The molecule has 1 aromatic heterocycles. The standard InChI is InChI=1S/C24H20N4O5S/c1-33-21(31)18-13-25-23(34-18)26-22(32)24-12-11-19(29)28(24)17-10-6-5-9-16(17)20(30)27(24)14-15-7-3-2-4-8-15/h2-10,13H,11-12,14H2,1H3,(H,25,26,32)/t24-/m1/s1. The number of nitrogens with zero attached hydrogens (tertiary/aromatic N) is 3. The Hall–Kier alpha value is -4.05. The van der Waals surface area contributed by atoms with Crippen LogP contribution in [0.3, 0.4) is 0 Å². The number of thiazole rings is 1. The minimum atomic E-state index is -1.57. The van der Waals surface area contributed by atoms with Gasteiger partial charge in [-0.2, -0.15) is 0 Å². The second-order valence-corrected chi connectivity index (χ2v) is 8.95. The van der Waals surface area contributed by atoms with Gasteiger partial charge in [0.25, 0.3) is 11.8 Å². The minimum absolute atomic E-state index is 0.103. The Morgan fingerprint density at radius 3 is 2.62 bits per heavy atom. The van der Waals surface area contributed by atoms with E-state index in [2.05, 4.69) is 10.3 Å². The van der Waals surface area contributed by atoms with Crippen LogP contribution in [0, 0.1) is 0 Å². The Bertz CT molecular complexity index is 1310. The molecule has 0 bridgehead atoms. The zero-order valence-electron chi connectivity index (χ0n) is 18.2. The first kappa shape index (κ1) is 21.8. The van der Waals surface area contributed by atoms with Crippen molar-refractivity contribution in [3.05, 3.63) is 76.8 Å². The van der Waals surface area contributed by atoms with Crippen molar-refractivity contribution in [1.29, 1.82) is 0 Å². The van der Waals surface area contributed by atoms with E-state index in [1.807, 2.05) is 30.3 Å². The van der Waals surface area contributed by atoms with E-state index in [9.17, 15) is 19.2 Å². The van der Waals surface area contributed by atoms with Gasteiger partial charge in [0.05, 0.1) is 24.6 Å². The highest BCUT2D eigenvalue weighted by atomic mass is 32.1. The molecule has 1 saturated heterocycles. The zero-order valence-corrected chi connectivity index (χ0v) is 19.0. The molecule has 3 heterocycles. The molecule has 2 aliphatic heterocycles. The predicted octanol–water partition coefficient (Wildman–Crippen LogP) is 3.05. The van der Waals surface area contributed by atoms with Gasteiger partial charge in [-0.1, -0.05) is 53.8 Å². The first-order valence-electron chi connectivity index (χ1n) is 10.6. The number of fused-ring (bicyclic) bond motifs is 3. The van der Waals surface area contributed by atoms with E-state index < -0.39 is 17.5 Å². The number of carbonyl (C=O) groups is 4. The van der Waals surface area contributed by atoms with E-state index in [-0.39, 0.29) is 41.2 Å². The third-order valence-electron chi connectivity index (χ3n) is 6.03. The molecule has 0 radical (unpaired) electrons.